The van der Waals surface area contributed by atoms with Gasteiger partial charge in [0, 0.05) is 18.3 Å². The maximum Gasteiger partial charge on any atom is 0.412 e. The van der Waals surface area contributed by atoms with E-state index in [2.05, 4.69) is 16.0 Å². The molecule has 1 aromatic rings. The number of carbonyl (C=O) groups excluding carboxylic acids is 3. The van der Waals surface area contributed by atoms with Crippen molar-refractivity contribution in [2.24, 2.45) is 5.92 Å². The van der Waals surface area contributed by atoms with Crippen LogP contribution < -0.4 is 16.0 Å². The van der Waals surface area contributed by atoms with Crippen molar-refractivity contribution < 1.29 is 19.1 Å². The Hall–Kier alpha value is -2.57. The van der Waals surface area contributed by atoms with Crippen molar-refractivity contribution in [3.63, 3.8) is 0 Å². The quantitative estimate of drug-likeness (QED) is 0.761. The lowest BCUT2D eigenvalue weighted by Gasteiger charge is -2.21. The number of amides is 3. The number of carbonyl (C=O) groups is 3. The fraction of sp³-hybridized carbons (Fsp3) is 0.500. The number of nitrogens with one attached hydrogen (secondary N) is 3. The van der Waals surface area contributed by atoms with Crippen LogP contribution in [0.3, 0.4) is 0 Å². The molecule has 0 spiro atoms. The summed E-state index contributed by atoms with van der Waals surface area (Å²) in [6.45, 7) is 10.4. The molecular formula is C18H27N3O4. The fourth-order valence-corrected chi connectivity index (χ4v) is 2.03. The van der Waals surface area contributed by atoms with Crippen LogP contribution in [0.2, 0.25) is 0 Å². The van der Waals surface area contributed by atoms with Crippen molar-refractivity contribution in [2.45, 2.75) is 53.2 Å². The van der Waals surface area contributed by atoms with E-state index >= 15 is 0 Å². The lowest BCUT2D eigenvalue weighted by atomic mass is 10.0. The van der Waals surface area contributed by atoms with Crippen molar-refractivity contribution in [1.29, 1.82) is 0 Å². The second-order valence-corrected chi connectivity index (χ2v) is 7.12. The van der Waals surface area contributed by atoms with Crippen LogP contribution in [0.5, 0.6) is 0 Å². The molecule has 0 aliphatic rings. The van der Waals surface area contributed by atoms with Crippen LogP contribution in [0, 0.1) is 5.92 Å². The van der Waals surface area contributed by atoms with Crippen molar-refractivity contribution in [2.75, 3.05) is 10.6 Å². The highest BCUT2D eigenvalue weighted by Crippen LogP contribution is 2.16. The van der Waals surface area contributed by atoms with Gasteiger partial charge in [0.2, 0.25) is 11.8 Å². The van der Waals surface area contributed by atoms with Crippen LogP contribution in [0.1, 0.15) is 41.5 Å². The van der Waals surface area contributed by atoms with Crippen molar-refractivity contribution in [3.05, 3.63) is 24.3 Å². The largest absolute Gasteiger partial charge is 0.444 e. The van der Waals surface area contributed by atoms with Crippen LogP contribution in [-0.4, -0.2) is 29.6 Å². The van der Waals surface area contributed by atoms with E-state index in [1.54, 1.807) is 45.0 Å². The van der Waals surface area contributed by atoms with Crippen LogP contribution >= 0.6 is 0 Å². The van der Waals surface area contributed by atoms with E-state index in [4.69, 9.17) is 4.74 Å². The zero-order chi connectivity index (χ0) is 19.2. The molecule has 0 heterocycles. The third-order valence-corrected chi connectivity index (χ3v) is 3.11. The lowest BCUT2D eigenvalue weighted by Crippen LogP contribution is -2.46. The highest BCUT2D eigenvalue weighted by atomic mass is 16.6. The zero-order valence-electron chi connectivity index (χ0n) is 15.6. The van der Waals surface area contributed by atoms with Crippen LogP contribution in [0.15, 0.2) is 24.3 Å². The number of anilines is 2. The van der Waals surface area contributed by atoms with Gasteiger partial charge in [-0.15, -0.1) is 0 Å². The van der Waals surface area contributed by atoms with E-state index in [0.29, 0.717) is 11.4 Å². The average molecular weight is 349 g/mol. The first kappa shape index (κ1) is 20.5. The Bertz CT molecular complexity index is 618. The first-order valence-corrected chi connectivity index (χ1v) is 8.16. The van der Waals surface area contributed by atoms with Gasteiger partial charge in [0.15, 0.2) is 0 Å². The van der Waals surface area contributed by atoms with Gasteiger partial charge in [-0.05, 0) is 51.0 Å². The van der Waals surface area contributed by atoms with Gasteiger partial charge < -0.3 is 15.4 Å². The number of benzene rings is 1. The van der Waals surface area contributed by atoms with Gasteiger partial charge in [0.1, 0.15) is 11.6 Å². The van der Waals surface area contributed by atoms with E-state index in [-0.39, 0.29) is 17.7 Å². The summed E-state index contributed by atoms with van der Waals surface area (Å²) in [6.07, 6.45) is -0.546. The molecule has 0 radical (unpaired) electrons. The molecule has 0 bridgehead atoms. The average Bonchev–Trinajstić information content (AvgIpc) is 2.44. The number of ether oxygens (including phenoxy) is 1. The molecule has 3 N–H and O–H groups in total. The smallest absolute Gasteiger partial charge is 0.412 e. The summed E-state index contributed by atoms with van der Waals surface area (Å²) in [5.74, 6) is -0.596. The third kappa shape index (κ3) is 7.69. The highest BCUT2D eigenvalue weighted by molar-refractivity contribution is 5.97. The molecule has 0 saturated carbocycles. The van der Waals surface area contributed by atoms with E-state index in [1.165, 1.54) is 6.92 Å². The standard InChI is InChI=1S/C18H27N3O4/c1-11(2)15(19-12(3)22)16(23)20-13-7-9-14(10-8-13)21-17(24)25-18(4,5)6/h7-11,15H,1-6H3,(H,19,22)(H,20,23)(H,21,24)/t15-/m1/s1. The van der Waals surface area contributed by atoms with Crippen LogP contribution in [0.25, 0.3) is 0 Å². The fourth-order valence-electron chi connectivity index (χ4n) is 2.03. The minimum atomic E-state index is -0.614. The van der Waals surface area contributed by atoms with Crippen molar-refractivity contribution >= 4 is 29.3 Å². The molecule has 0 aliphatic carbocycles. The monoisotopic (exact) mass is 349 g/mol. The first-order chi connectivity index (χ1) is 11.5. The predicted molar refractivity (Wildman–Crippen MR) is 97.4 cm³/mol. The molecule has 1 atom stereocenters. The SMILES string of the molecule is CC(=O)N[C@@H](C(=O)Nc1ccc(NC(=O)OC(C)(C)C)cc1)C(C)C. The van der Waals surface area contributed by atoms with Crippen LogP contribution in [-0.2, 0) is 14.3 Å². The van der Waals surface area contributed by atoms with Gasteiger partial charge in [-0.2, -0.15) is 0 Å². The molecule has 3 amide bonds. The Balaban J connectivity index is 2.68. The number of hydrogen-bond acceptors (Lipinski definition) is 4. The van der Waals surface area contributed by atoms with Crippen molar-refractivity contribution in [3.8, 4) is 0 Å². The van der Waals surface area contributed by atoms with E-state index < -0.39 is 17.7 Å². The minimum absolute atomic E-state index is 0.0444. The normalized spacial score (nSPS) is 12.3. The van der Waals surface area contributed by atoms with Gasteiger partial charge >= 0.3 is 6.09 Å². The molecule has 0 aliphatic heterocycles. The topological polar surface area (TPSA) is 96.5 Å². The minimum Gasteiger partial charge on any atom is -0.444 e. The summed E-state index contributed by atoms with van der Waals surface area (Å²) in [6, 6.07) is 6.02. The molecule has 0 fully saturated rings. The molecule has 1 rings (SSSR count). The van der Waals surface area contributed by atoms with Crippen molar-refractivity contribution in [1.82, 2.24) is 5.32 Å². The van der Waals surface area contributed by atoms with Gasteiger partial charge in [-0.3, -0.25) is 14.9 Å². The molecule has 7 heteroatoms. The Labute approximate surface area is 148 Å². The van der Waals surface area contributed by atoms with Gasteiger partial charge in [-0.1, -0.05) is 13.8 Å². The Morgan fingerprint density at radius 1 is 0.960 bits per heavy atom. The maximum atomic E-state index is 12.3. The lowest BCUT2D eigenvalue weighted by molar-refractivity contribution is -0.126. The second kappa shape index (κ2) is 8.50. The highest BCUT2D eigenvalue weighted by Gasteiger charge is 2.23. The number of rotatable bonds is 5. The third-order valence-electron chi connectivity index (χ3n) is 3.11. The maximum absolute atomic E-state index is 12.3. The molecule has 0 unspecified atom stereocenters. The Kier molecular flexibility index (Phi) is 6.97. The van der Waals surface area contributed by atoms with E-state index in [0.717, 1.165) is 0 Å². The Morgan fingerprint density at radius 2 is 1.44 bits per heavy atom. The van der Waals surface area contributed by atoms with Gasteiger partial charge in [-0.25, -0.2) is 4.79 Å². The summed E-state index contributed by atoms with van der Waals surface area (Å²) in [4.78, 5) is 35.2. The first-order valence-electron chi connectivity index (χ1n) is 8.16. The number of hydrogen-bond donors (Lipinski definition) is 3. The molecule has 0 saturated heterocycles. The molecule has 138 valence electrons. The molecular weight excluding hydrogens is 322 g/mol. The van der Waals surface area contributed by atoms with Crippen LogP contribution in [0.4, 0.5) is 16.2 Å². The summed E-state index contributed by atoms with van der Waals surface area (Å²) >= 11 is 0. The van der Waals surface area contributed by atoms with E-state index in [1.807, 2.05) is 13.8 Å². The predicted octanol–water partition coefficient (Wildman–Crippen LogP) is 3.13. The second-order valence-electron chi connectivity index (χ2n) is 7.12. The van der Waals surface area contributed by atoms with Gasteiger partial charge in [0.25, 0.3) is 0 Å². The molecule has 7 nitrogen and oxygen atoms in total. The molecule has 1 aromatic carbocycles. The Morgan fingerprint density at radius 3 is 1.84 bits per heavy atom. The van der Waals surface area contributed by atoms with Gasteiger partial charge in [0.05, 0.1) is 0 Å². The summed E-state index contributed by atoms with van der Waals surface area (Å²) in [5.41, 5.74) is 0.540. The summed E-state index contributed by atoms with van der Waals surface area (Å²) in [7, 11) is 0. The molecule has 25 heavy (non-hydrogen) atoms. The summed E-state index contributed by atoms with van der Waals surface area (Å²) in [5, 5.41) is 8.00. The summed E-state index contributed by atoms with van der Waals surface area (Å²) < 4.78 is 5.17. The zero-order valence-corrected chi connectivity index (χ0v) is 15.6. The molecule has 0 aromatic heterocycles. The van der Waals surface area contributed by atoms with E-state index in [9.17, 15) is 14.4 Å².